The lowest BCUT2D eigenvalue weighted by atomic mass is 10.1. The van der Waals surface area contributed by atoms with Gasteiger partial charge in [0, 0.05) is 12.6 Å². The fourth-order valence-corrected chi connectivity index (χ4v) is 4.54. The third-order valence-electron chi connectivity index (χ3n) is 4.75. The third-order valence-corrected chi connectivity index (χ3v) is 6.12. The topological polar surface area (TPSA) is 49.4 Å². The minimum atomic E-state index is -3.56. The van der Waals surface area contributed by atoms with Crippen molar-refractivity contribution in [2.45, 2.75) is 56.0 Å². The average molecular weight is 359 g/mol. The van der Waals surface area contributed by atoms with Crippen LogP contribution in [0.3, 0.4) is 0 Å². The van der Waals surface area contributed by atoms with E-state index < -0.39 is 10.0 Å². The number of nitrogens with zero attached hydrogens (tertiary/aromatic N) is 1. The van der Waals surface area contributed by atoms with Gasteiger partial charge in [-0.25, -0.2) is 13.4 Å². The Hall–Kier alpha value is -1.69. The summed E-state index contributed by atoms with van der Waals surface area (Å²) in [4.78, 5) is 3.17. The molecule has 0 amide bonds. The summed E-state index contributed by atoms with van der Waals surface area (Å²) in [5.74, 6) is 0. The number of benzene rings is 2. The molecule has 0 bridgehead atoms. The molecule has 0 unspecified atom stereocenters. The molecule has 0 aliphatic heterocycles. The molecular formula is C20H26N2O2S. The third kappa shape index (κ3) is 5.14. The molecule has 0 saturated heterocycles. The number of nitrogens with one attached hydrogen (secondary N) is 1. The highest BCUT2D eigenvalue weighted by molar-refractivity contribution is 7.89. The number of rotatable bonds is 6. The highest BCUT2D eigenvalue weighted by Gasteiger charge is 2.25. The van der Waals surface area contributed by atoms with Gasteiger partial charge in [0.25, 0.3) is 10.0 Å². The lowest BCUT2D eigenvalue weighted by Crippen LogP contribution is -2.47. The molecule has 0 aromatic heterocycles. The molecule has 5 heteroatoms. The van der Waals surface area contributed by atoms with E-state index >= 15 is 0 Å². The molecule has 2 aromatic rings. The van der Waals surface area contributed by atoms with Crippen LogP contribution >= 0.6 is 0 Å². The minimum absolute atomic E-state index is 0.237. The van der Waals surface area contributed by atoms with Crippen molar-refractivity contribution in [2.75, 3.05) is 0 Å². The fourth-order valence-electron chi connectivity index (χ4n) is 3.39. The summed E-state index contributed by atoms with van der Waals surface area (Å²) in [6, 6.07) is 18.9. The van der Waals surface area contributed by atoms with Gasteiger partial charge in [0.2, 0.25) is 0 Å². The summed E-state index contributed by atoms with van der Waals surface area (Å²) in [6.45, 7) is 0.581. The molecule has 1 saturated carbocycles. The van der Waals surface area contributed by atoms with Crippen LogP contribution in [0.2, 0.25) is 0 Å². The zero-order chi connectivity index (χ0) is 17.5. The molecule has 0 radical (unpaired) electrons. The first-order valence-electron chi connectivity index (χ1n) is 9.03. The van der Waals surface area contributed by atoms with Crippen LogP contribution in [-0.4, -0.2) is 19.5 Å². The first kappa shape index (κ1) is 18.1. The van der Waals surface area contributed by atoms with Gasteiger partial charge in [-0.3, -0.25) is 0 Å². The highest BCUT2D eigenvalue weighted by Crippen LogP contribution is 2.23. The standard InChI is InChI=1S/C20H26N2O2S/c23-25(24,20-15-9-4-10-16-20)21-22(17-18-11-5-3-6-12-18)19-13-7-1-2-8-14-19/h3-6,9-12,15-16,19,21H,1-2,7-8,13-14,17H2. The van der Waals surface area contributed by atoms with Crippen molar-refractivity contribution in [3.8, 4) is 0 Å². The van der Waals surface area contributed by atoms with Crippen molar-refractivity contribution in [1.29, 1.82) is 0 Å². The van der Waals surface area contributed by atoms with Crippen LogP contribution in [0.15, 0.2) is 65.6 Å². The normalized spacial score (nSPS) is 16.7. The maximum Gasteiger partial charge on any atom is 0.253 e. The quantitative estimate of drug-likeness (QED) is 0.625. The monoisotopic (exact) mass is 358 g/mol. The van der Waals surface area contributed by atoms with Gasteiger partial charge in [0.05, 0.1) is 4.90 Å². The van der Waals surface area contributed by atoms with Gasteiger partial charge in [0.15, 0.2) is 0 Å². The summed E-state index contributed by atoms with van der Waals surface area (Å²) in [5, 5.41) is 1.93. The van der Waals surface area contributed by atoms with Crippen LogP contribution in [0.1, 0.15) is 44.1 Å². The smallest absolute Gasteiger partial charge is 0.223 e. The van der Waals surface area contributed by atoms with Crippen molar-refractivity contribution in [3.63, 3.8) is 0 Å². The molecule has 3 rings (SSSR count). The number of hydrazine groups is 1. The van der Waals surface area contributed by atoms with E-state index in [0.717, 1.165) is 31.2 Å². The highest BCUT2D eigenvalue weighted by atomic mass is 32.2. The zero-order valence-corrected chi connectivity index (χ0v) is 15.3. The van der Waals surface area contributed by atoms with E-state index in [9.17, 15) is 8.42 Å². The zero-order valence-electron chi connectivity index (χ0n) is 14.5. The lowest BCUT2D eigenvalue weighted by Gasteiger charge is -2.31. The van der Waals surface area contributed by atoms with Crippen LogP contribution in [0.4, 0.5) is 0 Å². The molecule has 1 N–H and O–H groups in total. The molecule has 4 nitrogen and oxygen atoms in total. The second-order valence-electron chi connectivity index (χ2n) is 6.67. The Kier molecular flexibility index (Phi) is 6.24. The maximum atomic E-state index is 12.8. The van der Waals surface area contributed by atoms with Crippen LogP contribution in [0.5, 0.6) is 0 Å². The molecule has 1 fully saturated rings. The summed E-state index contributed by atoms with van der Waals surface area (Å²) < 4.78 is 25.6. The first-order chi connectivity index (χ1) is 12.1. The second kappa shape index (κ2) is 8.61. The molecule has 0 atom stereocenters. The minimum Gasteiger partial charge on any atom is -0.223 e. The van der Waals surface area contributed by atoms with Crippen LogP contribution < -0.4 is 4.83 Å². The lowest BCUT2D eigenvalue weighted by molar-refractivity contribution is 0.142. The van der Waals surface area contributed by atoms with Crippen molar-refractivity contribution < 1.29 is 8.42 Å². The number of hydrogen-bond acceptors (Lipinski definition) is 3. The molecule has 134 valence electrons. The van der Waals surface area contributed by atoms with Gasteiger partial charge >= 0.3 is 0 Å². The molecule has 0 spiro atoms. The van der Waals surface area contributed by atoms with E-state index in [4.69, 9.17) is 0 Å². The number of sulfonamides is 1. The molecular weight excluding hydrogens is 332 g/mol. The Morgan fingerprint density at radius 1 is 0.840 bits per heavy atom. The summed E-state index contributed by atoms with van der Waals surface area (Å²) in [6.07, 6.45) is 6.85. The molecule has 1 aliphatic carbocycles. The molecule has 25 heavy (non-hydrogen) atoms. The fraction of sp³-hybridized carbons (Fsp3) is 0.400. The second-order valence-corrected chi connectivity index (χ2v) is 8.33. The molecule has 1 aliphatic rings. The summed E-state index contributed by atoms with van der Waals surface area (Å²) in [7, 11) is -3.56. The van der Waals surface area contributed by atoms with E-state index in [2.05, 4.69) is 4.83 Å². The van der Waals surface area contributed by atoms with Crippen molar-refractivity contribution in [1.82, 2.24) is 9.84 Å². The summed E-state index contributed by atoms with van der Waals surface area (Å²) in [5.41, 5.74) is 1.11. The van der Waals surface area contributed by atoms with Crippen LogP contribution in [0, 0.1) is 0 Å². The molecule has 2 aromatic carbocycles. The van der Waals surface area contributed by atoms with Gasteiger partial charge < -0.3 is 0 Å². The average Bonchev–Trinajstić information content (AvgIpc) is 2.92. The van der Waals surface area contributed by atoms with E-state index in [-0.39, 0.29) is 6.04 Å². The van der Waals surface area contributed by atoms with E-state index in [1.165, 1.54) is 12.8 Å². The largest absolute Gasteiger partial charge is 0.253 e. The predicted molar refractivity (Wildman–Crippen MR) is 100 cm³/mol. The van der Waals surface area contributed by atoms with Crippen LogP contribution in [0.25, 0.3) is 0 Å². The Labute approximate surface area is 150 Å². The van der Waals surface area contributed by atoms with Crippen molar-refractivity contribution in [3.05, 3.63) is 66.2 Å². The van der Waals surface area contributed by atoms with E-state index in [1.807, 2.05) is 41.4 Å². The van der Waals surface area contributed by atoms with E-state index in [0.29, 0.717) is 11.4 Å². The van der Waals surface area contributed by atoms with Gasteiger partial charge in [0.1, 0.15) is 0 Å². The Morgan fingerprint density at radius 2 is 1.40 bits per heavy atom. The van der Waals surface area contributed by atoms with Crippen molar-refractivity contribution >= 4 is 10.0 Å². The Bertz CT molecular complexity index is 740. The maximum absolute atomic E-state index is 12.8. The predicted octanol–water partition coefficient (Wildman–Crippen LogP) is 4.10. The van der Waals surface area contributed by atoms with Gasteiger partial charge in [-0.2, -0.15) is 0 Å². The Balaban J connectivity index is 1.82. The summed E-state index contributed by atoms with van der Waals surface area (Å²) >= 11 is 0. The van der Waals surface area contributed by atoms with Crippen LogP contribution in [-0.2, 0) is 16.6 Å². The van der Waals surface area contributed by atoms with Crippen molar-refractivity contribution in [2.24, 2.45) is 0 Å². The van der Waals surface area contributed by atoms with Gasteiger partial charge in [-0.1, -0.05) is 74.2 Å². The number of hydrogen-bond donors (Lipinski definition) is 1. The van der Waals surface area contributed by atoms with Gasteiger partial charge in [-0.15, -0.1) is 4.83 Å². The van der Waals surface area contributed by atoms with Gasteiger partial charge in [-0.05, 0) is 30.5 Å². The SMILES string of the molecule is O=S(=O)(NN(Cc1ccccc1)C1CCCCCC1)c1ccccc1. The van der Waals surface area contributed by atoms with E-state index in [1.54, 1.807) is 24.3 Å². The first-order valence-corrected chi connectivity index (χ1v) is 10.5. The molecule has 0 heterocycles. The Morgan fingerprint density at radius 3 is 2.00 bits per heavy atom.